The van der Waals surface area contributed by atoms with Crippen molar-refractivity contribution < 1.29 is 4.79 Å². The number of fused-ring (bicyclic) bond motifs is 2. The lowest BCUT2D eigenvalue weighted by Gasteiger charge is -2.08. The molecule has 2 heterocycles. The Morgan fingerprint density at radius 1 is 0.839 bits per heavy atom. The number of hydrogen-bond donors (Lipinski definition) is 3. The zero-order chi connectivity index (χ0) is 21.2. The Morgan fingerprint density at radius 3 is 2.52 bits per heavy atom. The number of nitrogens with one attached hydrogen (secondary N) is 3. The molecule has 0 aliphatic heterocycles. The SMILES string of the molecule is O=C(NCCc1ccccc1)c1ccc2cc(-c3c[nH]c4ccccc34)c(=O)[nH]c2c1. The molecule has 31 heavy (non-hydrogen) atoms. The summed E-state index contributed by atoms with van der Waals surface area (Å²) in [6.45, 7) is 0.552. The summed E-state index contributed by atoms with van der Waals surface area (Å²) in [5.74, 6) is -0.153. The third kappa shape index (κ3) is 3.73. The average Bonchev–Trinajstić information content (AvgIpc) is 3.23. The Labute approximate surface area is 178 Å². The molecule has 0 saturated carbocycles. The van der Waals surface area contributed by atoms with Gasteiger partial charge < -0.3 is 15.3 Å². The van der Waals surface area contributed by atoms with Crippen molar-refractivity contribution in [2.75, 3.05) is 6.54 Å². The summed E-state index contributed by atoms with van der Waals surface area (Å²) in [5, 5.41) is 4.82. The van der Waals surface area contributed by atoms with E-state index in [1.54, 1.807) is 12.1 Å². The average molecular weight is 407 g/mol. The number of pyridine rings is 1. The van der Waals surface area contributed by atoms with Crippen molar-refractivity contribution in [3.63, 3.8) is 0 Å². The van der Waals surface area contributed by atoms with Crippen LogP contribution in [0.4, 0.5) is 0 Å². The maximum absolute atomic E-state index is 12.8. The minimum Gasteiger partial charge on any atom is -0.361 e. The fourth-order valence-corrected chi connectivity index (χ4v) is 3.90. The van der Waals surface area contributed by atoms with Crippen LogP contribution in [0.3, 0.4) is 0 Å². The van der Waals surface area contributed by atoms with Gasteiger partial charge in [-0.2, -0.15) is 0 Å². The summed E-state index contributed by atoms with van der Waals surface area (Å²) in [6, 6.07) is 25.2. The second-order valence-corrected chi connectivity index (χ2v) is 7.55. The Balaban J connectivity index is 1.40. The van der Waals surface area contributed by atoms with Crippen LogP contribution in [0.15, 0.2) is 89.9 Å². The molecule has 0 aliphatic carbocycles. The minimum atomic E-state index is -0.182. The first-order chi connectivity index (χ1) is 15.2. The van der Waals surface area contributed by atoms with Gasteiger partial charge in [-0.25, -0.2) is 0 Å². The Hall–Kier alpha value is -4.12. The summed E-state index contributed by atoms with van der Waals surface area (Å²) in [6.07, 6.45) is 2.63. The van der Waals surface area contributed by atoms with Crippen LogP contribution in [-0.4, -0.2) is 22.4 Å². The predicted molar refractivity (Wildman–Crippen MR) is 124 cm³/mol. The molecule has 5 rings (SSSR count). The van der Waals surface area contributed by atoms with E-state index in [4.69, 9.17) is 0 Å². The summed E-state index contributed by atoms with van der Waals surface area (Å²) in [5.41, 5.74) is 4.61. The number of hydrogen-bond acceptors (Lipinski definition) is 2. The first-order valence-electron chi connectivity index (χ1n) is 10.2. The zero-order valence-electron chi connectivity index (χ0n) is 16.8. The first-order valence-corrected chi connectivity index (χ1v) is 10.2. The van der Waals surface area contributed by atoms with E-state index in [9.17, 15) is 9.59 Å². The first kappa shape index (κ1) is 18.9. The molecule has 3 aromatic carbocycles. The number of carbonyl (C=O) groups excluding carboxylic acids is 1. The Kier molecular flexibility index (Phi) is 4.84. The number of benzene rings is 3. The normalized spacial score (nSPS) is 11.1. The number of H-pyrrole nitrogens is 2. The van der Waals surface area contributed by atoms with Gasteiger partial charge in [0.15, 0.2) is 0 Å². The molecule has 152 valence electrons. The molecule has 3 N–H and O–H groups in total. The Morgan fingerprint density at radius 2 is 1.65 bits per heavy atom. The molecule has 1 amide bonds. The van der Waals surface area contributed by atoms with Gasteiger partial charge in [-0.1, -0.05) is 54.6 Å². The molecule has 0 spiro atoms. The highest BCUT2D eigenvalue weighted by molar-refractivity contribution is 6.00. The van der Waals surface area contributed by atoms with Crippen molar-refractivity contribution in [1.29, 1.82) is 0 Å². The van der Waals surface area contributed by atoms with Gasteiger partial charge in [0.2, 0.25) is 0 Å². The molecule has 5 aromatic rings. The van der Waals surface area contributed by atoms with Crippen LogP contribution in [0, 0.1) is 0 Å². The van der Waals surface area contributed by atoms with Crippen molar-refractivity contribution in [3.8, 4) is 11.1 Å². The number of para-hydroxylation sites is 1. The molecular weight excluding hydrogens is 386 g/mol. The third-order valence-electron chi connectivity index (χ3n) is 5.53. The maximum atomic E-state index is 12.8. The highest BCUT2D eigenvalue weighted by Gasteiger charge is 2.12. The van der Waals surface area contributed by atoms with E-state index in [0.29, 0.717) is 23.2 Å². The lowest BCUT2D eigenvalue weighted by molar-refractivity contribution is 0.0954. The van der Waals surface area contributed by atoms with Gasteiger partial charge in [-0.15, -0.1) is 0 Å². The van der Waals surface area contributed by atoms with E-state index in [1.807, 2.05) is 72.9 Å². The van der Waals surface area contributed by atoms with Gasteiger partial charge in [0.05, 0.1) is 0 Å². The highest BCUT2D eigenvalue weighted by Crippen LogP contribution is 2.27. The molecule has 0 aliphatic rings. The summed E-state index contributed by atoms with van der Waals surface area (Å²) >= 11 is 0. The fourth-order valence-electron chi connectivity index (χ4n) is 3.90. The quantitative estimate of drug-likeness (QED) is 0.397. The standard InChI is InChI=1S/C26H21N3O2/c30-25(27-13-12-17-6-2-1-3-7-17)19-11-10-18-14-21(26(31)29-24(18)15-19)22-16-28-23-9-5-4-8-20(22)23/h1-11,14-16,28H,12-13H2,(H,27,30)(H,29,31). The van der Waals surface area contributed by atoms with E-state index in [2.05, 4.69) is 15.3 Å². The van der Waals surface area contributed by atoms with Crippen molar-refractivity contribution >= 4 is 27.7 Å². The van der Waals surface area contributed by atoms with Gasteiger partial charge in [-0.05, 0) is 41.6 Å². The minimum absolute atomic E-state index is 0.153. The molecule has 5 heteroatoms. The van der Waals surface area contributed by atoms with Gasteiger partial charge in [0.25, 0.3) is 11.5 Å². The van der Waals surface area contributed by atoms with E-state index in [0.717, 1.165) is 28.3 Å². The second-order valence-electron chi connectivity index (χ2n) is 7.55. The monoisotopic (exact) mass is 407 g/mol. The molecule has 0 atom stereocenters. The Bertz CT molecular complexity index is 1450. The number of aromatic amines is 2. The largest absolute Gasteiger partial charge is 0.361 e. The van der Waals surface area contributed by atoms with Crippen LogP contribution in [0.25, 0.3) is 32.9 Å². The van der Waals surface area contributed by atoms with E-state index in [-0.39, 0.29) is 11.5 Å². The molecule has 2 aromatic heterocycles. The van der Waals surface area contributed by atoms with Crippen molar-refractivity contribution in [2.45, 2.75) is 6.42 Å². The van der Waals surface area contributed by atoms with Crippen LogP contribution >= 0.6 is 0 Å². The van der Waals surface area contributed by atoms with Gasteiger partial charge >= 0.3 is 0 Å². The van der Waals surface area contributed by atoms with Crippen LogP contribution < -0.4 is 10.9 Å². The zero-order valence-corrected chi connectivity index (χ0v) is 16.8. The van der Waals surface area contributed by atoms with Crippen molar-refractivity contribution in [3.05, 3.63) is 107 Å². The number of aromatic nitrogens is 2. The summed E-state index contributed by atoms with van der Waals surface area (Å²) in [4.78, 5) is 31.5. The second kappa shape index (κ2) is 7.95. The third-order valence-corrected chi connectivity index (χ3v) is 5.53. The predicted octanol–water partition coefficient (Wildman–Crippen LogP) is 4.65. The molecule has 0 saturated heterocycles. The smallest absolute Gasteiger partial charge is 0.256 e. The summed E-state index contributed by atoms with van der Waals surface area (Å²) in [7, 11) is 0. The van der Waals surface area contributed by atoms with Gasteiger partial charge in [0, 0.05) is 45.9 Å². The number of carbonyl (C=O) groups is 1. The number of rotatable bonds is 5. The molecular formula is C26H21N3O2. The lowest BCUT2D eigenvalue weighted by atomic mass is 10.0. The molecule has 0 unspecified atom stereocenters. The van der Waals surface area contributed by atoms with Gasteiger partial charge in [-0.3, -0.25) is 9.59 Å². The topological polar surface area (TPSA) is 77.8 Å². The molecule has 5 nitrogen and oxygen atoms in total. The van der Waals surface area contributed by atoms with E-state index in [1.165, 1.54) is 5.56 Å². The van der Waals surface area contributed by atoms with Crippen LogP contribution in [0.5, 0.6) is 0 Å². The van der Waals surface area contributed by atoms with Crippen LogP contribution in [0.2, 0.25) is 0 Å². The summed E-state index contributed by atoms with van der Waals surface area (Å²) < 4.78 is 0. The van der Waals surface area contributed by atoms with Crippen molar-refractivity contribution in [2.24, 2.45) is 0 Å². The lowest BCUT2D eigenvalue weighted by Crippen LogP contribution is -2.25. The highest BCUT2D eigenvalue weighted by atomic mass is 16.1. The van der Waals surface area contributed by atoms with E-state index >= 15 is 0 Å². The number of amides is 1. The molecule has 0 radical (unpaired) electrons. The molecule has 0 bridgehead atoms. The van der Waals surface area contributed by atoms with Gasteiger partial charge in [0.1, 0.15) is 0 Å². The van der Waals surface area contributed by atoms with E-state index < -0.39 is 0 Å². The maximum Gasteiger partial charge on any atom is 0.256 e. The molecule has 0 fully saturated rings. The van der Waals surface area contributed by atoms with Crippen LogP contribution in [-0.2, 0) is 6.42 Å². The fraction of sp³-hybridized carbons (Fsp3) is 0.0769. The van der Waals surface area contributed by atoms with Crippen LogP contribution in [0.1, 0.15) is 15.9 Å². The van der Waals surface area contributed by atoms with Crippen molar-refractivity contribution in [1.82, 2.24) is 15.3 Å².